The molecule has 1 fully saturated rings. The van der Waals surface area contributed by atoms with Gasteiger partial charge in [-0.25, -0.2) is 4.98 Å². The van der Waals surface area contributed by atoms with Gasteiger partial charge < -0.3 is 19.8 Å². The van der Waals surface area contributed by atoms with Crippen molar-refractivity contribution in [2.24, 2.45) is 5.41 Å². The maximum Gasteiger partial charge on any atom is 0.451 e. The number of benzene rings is 1. The van der Waals surface area contributed by atoms with E-state index in [1.54, 1.807) is 0 Å². The molecular formula is C24H28F3N7O2. The number of nitrogens with one attached hydrogen (secondary N) is 2. The number of halogens is 3. The largest absolute Gasteiger partial charge is 0.451 e. The second kappa shape index (κ2) is 9.55. The number of alkyl halides is 3. The zero-order chi connectivity index (χ0) is 25.3. The van der Waals surface area contributed by atoms with Gasteiger partial charge in [-0.3, -0.25) is 9.59 Å². The number of aromatic nitrogens is 5. The van der Waals surface area contributed by atoms with Crippen molar-refractivity contribution in [1.82, 2.24) is 34.9 Å². The Labute approximate surface area is 205 Å². The third kappa shape index (κ3) is 5.07. The molecule has 12 heteroatoms. The van der Waals surface area contributed by atoms with Crippen LogP contribution in [0.25, 0.3) is 11.0 Å². The summed E-state index contributed by atoms with van der Waals surface area (Å²) in [6.07, 6.45) is -0.114. The van der Waals surface area contributed by atoms with Crippen LogP contribution < -0.4 is 5.32 Å². The van der Waals surface area contributed by atoms with E-state index in [4.69, 9.17) is 0 Å². The molecule has 2 aromatic heterocycles. The molecule has 192 valence electrons. The number of nitrogens with zero attached hydrogens (tertiary/aromatic N) is 5. The number of carbonyl (C=O) groups excluding carboxylic acids is 2. The van der Waals surface area contributed by atoms with E-state index in [0.717, 1.165) is 47.1 Å². The smallest absolute Gasteiger partial charge is 0.356 e. The molecule has 2 amide bonds. The molecule has 0 saturated heterocycles. The highest BCUT2D eigenvalue weighted by atomic mass is 19.4. The normalized spacial score (nSPS) is 17.4. The van der Waals surface area contributed by atoms with Crippen LogP contribution in [0, 0.1) is 5.41 Å². The second-order valence-corrected chi connectivity index (χ2v) is 9.77. The molecule has 0 atom stereocenters. The van der Waals surface area contributed by atoms with Gasteiger partial charge in [0.05, 0.1) is 17.6 Å². The van der Waals surface area contributed by atoms with E-state index >= 15 is 0 Å². The van der Waals surface area contributed by atoms with Crippen molar-refractivity contribution in [3.63, 3.8) is 0 Å². The summed E-state index contributed by atoms with van der Waals surface area (Å²) in [5, 5.41) is 9.88. The van der Waals surface area contributed by atoms with Gasteiger partial charge in [-0.1, -0.05) is 25.0 Å². The van der Waals surface area contributed by atoms with Crippen LogP contribution in [0.2, 0.25) is 0 Å². The van der Waals surface area contributed by atoms with Gasteiger partial charge in [-0.2, -0.15) is 13.2 Å². The number of imidazole rings is 1. The Morgan fingerprint density at radius 1 is 1.08 bits per heavy atom. The van der Waals surface area contributed by atoms with Gasteiger partial charge in [0.25, 0.3) is 0 Å². The fourth-order valence-electron chi connectivity index (χ4n) is 5.40. The number of fused-ring (bicyclic) bond motifs is 2. The molecule has 1 aliphatic carbocycles. The van der Waals surface area contributed by atoms with Crippen LogP contribution in [0.4, 0.5) is 13.2 Å². The maximum atomic E-state index is 13.1. The van der Waals surface area contributed by atoms with Crippen molar-refractivity contribution in [2.75, 3.05) is 13.1 Å². The molecule has 36 heavy (non-hydrogen) atoms. The van der Waals surface area contributed by atoms with Gasteiger partial charge in [0.1, 0.15) is 5.82 Å². The number of hydrogen-bond acceptors (Lipinski definition) is 5. The minimum absolute atomic E-state index is 0.00179. The maximum absolute atomic E-state index is 13.1. The Balaban J connectivity index is 1.16. The van der Waals surface area contributed by atoms with E-state index in [2.05, 4.69) is 25.5 Å². The zero-order valence-electron chi connectivity index (χ0n) is 19.8. The van der Waals surface area contributed by atoms with Crippen molar-refractivity contribution in [2.45, 2.75) is 64.2 Å². The van der Waals surface area contributed by atoms with Crippen LogP contribution in [0.1, 0.15) is 56.0 Å². The Morgan fingerprint density at radius 2 is 1.86 bits per heavy atom. The average Bonchev–Trinajstić information content (AvgIpc) is 3.56. The lowest BCUT2D eigenvalue weighted by atomic mass is 9.78. The molecular weight excluding hydrogens is 475 g/mol. The number of H-pyrrole nitrogens is 1. The number of rotatable bonds is 7. The monoisotopic (exact) mass is 503 g/mol. The molecule has 9 nitrogen and oxygen atoms in total. The Bertz CT molecular complexity index is 1230. The molecule has 0 bridgehead atoms. The van der Waals surface area contributed by atoms with Crippen molar-refractivity contribution < 1.29 is 22.8 Å². The van der Waals surface area contributed by atoms with E-state index in [1.807, 2.05) is 24.3 Å². The quantitative estimate of drug-likeness (QED) is 0.515. The van der Waals surface area contributed by atoms with Crippen molar-refractivity contribution >= 4 is 22.8 Å². The van der Waals surface area contributed by atoms with Crippen LogP contribution in [-0.4, -0.2) is 54.5 Å². The lowest BCUT2D eigenvalue weighted by Gasteiger charge is -2.33. The van der Waals surface area contributed by atoms with Gasteiger partial charge in [-0.15, -0.1) is 10.2 Å². The van der Waals surface area contributed by atoms with E-state index in [0.29, 0.717) is 13.0 Å². The fourth-order valence-corrected chi connectivity index (χ4v) is 5.40. The molecule has 2 aliphatic rings. The summed E-state index contributed by atoms with van der Waals surface area (Å²) in [5.41, 5.74) is 1.41. The highest BCUT2D eigenvalue weighted by Gasteiger charge is 2.42. The Morgan fingerprint density at radius 3 is 2.61 bits per heavy atom. The number of aromatic amines is 1. The van der Waals surface area contributed by atoms with Gasteiger partial charge in [0, 0.05) is 38.9 Å². The van der Waals surface area contributed by atoms with E-state index in [9.17, 15) is 22.8 Å². The molecule has 1 saturated carbocycles. The lowest BCUT2D eigenvalue weighted by Crippen LogP contribution is -2.42. The number of para-hydroxylation sites is 2. The molecule has 3 aromatic rings. The number of amides is 2. The van der Waals surface area contributed by atoms with E-state index in [-0.39, 0.29) is 50.1 Å². The molecule has 3 heterocycles. The fraction of sp³-hybridized carbons (Fsp3) is 0.542. The van der Waals surface area contributed by atoms with Crippen molar-refractivity contribution in [3.8, 4) is 0 Å². The highest BCUT2D eigenvalue weighted by molar-refractivity contribution is 5.80. The Hall–Kier alpha value is -3.44. The topological polar surface area (TPSA) is 109 Å². The predicted molar refractivity (Wildman–Crippen MR) is 123 cm³/mol. The van der Waals surface area contributed by atoms with Crippen LogP contribution >= 0.6 is 0 Å². The van der Waals surface area contributed by atoms with Gasteiger partial charge in [-0.05, 0) is 30.4 Å². The second-order valence-electron chi connectivity index (χ2n) is 9.77. The summed E-state index contributed by atoms with van der Waals surface area (Å²) >= 11 is 0. The summed E-state index contributed by atoms with van der Waals surface area (Å²) in [6.45, 7) is 0.582. The highest BCUT2D eigenvalue weighted by Crippen LogP contribution is 2.44. The Kier molecular flexibility index (Phi) is 6.44. The van der Waals surface area contributed by atoms with E-state index in [1.165, 1.54) is 4.90 Å². The molecule has 1 aromatic carbocycles. The van der Waals surface area contributed by atoms with Gasteiger partial charge in [0.15, 0.2) is 5.82 Å². The predicted octanol–water partition coefficient (Wildman–Crippen LogP) is 3.21. The van der Waals surface area contributed by atoms with Crippen LogP contribution in [0.15, 0.2) is 24.3 Å². The van der Waals surface area contributed by atoms with Crippen molar-refractivity contribution in [3.05, 3.63) is 41.7 Å². The third-order valence-corrected chi connectivity index (χ3v) is 7.21. The first-order chi connectivity index (χ1) is 17.2. The van der Waals surface area contributed by atoms with Gasteiger partial charge in [0.2, 0.25) is 17.6 Å². The van der Waals surface area contributed by atoms with Gasteiger partial charge >= 0.3 is 6.18 Å². The molecule has 1 aliphatic heterocycles. The molecule has 5 rings (SSSR count). The first-order valence-electron chi connectivity index (χ1n) is 12.2. The summed E-state index contributed by atoms with van der Waals surface area (Å²) in [4.78, 5) is 35.2. The zero-order valence-corrected chi connectivity index (χ0v) is 19.8. The summed E-state index contributed by atoms with van der Waals surface area (Å²) < 4.78 is 40.3. The van der Waals surface area contributed by atoms with Crippen LogP contribution in [-0.2, 0) is 35.3 Å². The summed E-state index contributed by atoms with van der Waals surface area (Å²) in [6, 6.07) is 7.73. The molecule has 0 spiro atoms. The number of carbonyl (C=O) groups is 2. The van der Waals surface area contributed by atoms with Crippen LogP contribution in [0.5, 0.6) is 0 Å². The standard InChI is InChI=1S/C24H28F3N7O2/c25-24(26,27)22-32-31-19-15-33(11-12-34(19)22)21(36)14-23(8-3-4-9-23)13-20(35)28-10-7-18-29-16-5-1-2-6-17(16)30-18/h1-2,5-6H,3-4,7-15H2,(H,28,35)(H,29,30). The first kappa shape index (κ1) is 24.3. The summed E-state index contributed by atoms with van der Waals surface area (Å²) in [7, 11) is 0. The third-order valence-electron chi connectivity index (χ3n) is 7.21. The molecule has 0 unspecified atom stereocenters. The van der Waals surface area contributed by atoms with Crippen molar-refractivity contribution in [1.29, 1.82) is 0 Å². The average molecular weight is 504 g/mol. The van der Waals surface area contributed by atoms with Crippen LogP contribution in [0.3, 0.4) is 0 Å². The lowest BCUT2D eigenvalue weighted by molar-refractivity contribution is -0.148. The SMILES string of the molecule is O=C(CC1(CC(=O)N2CCn3c(nnc3C(F)(F)F)C2)CCCC1)NCCc1nc2ccccc2[nH]1. The minimum Gasteiger partial charge on any atom is -0.356 e. The minimum atomic E-state index is -4.58. The number of hydrogen-bond donors (Lipinski definition) is 2. The van der Waals surface area contributed by atoms with E-state index < -0.39 is 17.4 Å². The molecule has 0 radical (unpaired) electrons. The summed E-state index contributed by atoms with van der Waals surface area (Å²) in [5.74, 6) is -0.361. The molecule has 2 N–H and O–H groups in total. The first-order valence-corrected chi connectivity index (χ1v) is 12.2.